The number of rotatable bonds is 7. The second-order valence-corrected chi connectivity index (χ2v) is 8.79. The van der Waals surface area contributed by atoms with Crippen LogP contribution in [0.1, 0.15) is 32.6 Å². The van der Waals surface area contributed by atoms with Gasteiger partial charge in [-0.05, 0) is 36.4 Å². The lowest BCUT2D eigenvalue weighted by atomic mass is 9.97. The van der Waals surface area contributed by atoms with E-state index < -0.39 is 48.9 Å². The molecule has 5 rings (SSSR count). The molecule has 0 radical (unpaired) electrons. The summed E-state index contributed by atoms with van der Waals surface area (Å²) in [5.41, 5.74) is 1.42. The highest BCUT2D eigenvalue weighted by atomic mass is 16.8. The van der Waals surface area contributed by atoms with Crippen molar-refractivity contribution in [2.24, 2.45) is 0 Å². The number of carbonyl (C=O) groups is 2. The van der Waals surface area contributed by atoms with Gasteiger partial charge in [-0.25, -0.2) is 9.59 Å². The van der Waals surface area contributed by atoms with Gasteiger partial charge in [0.1, 0.15) is 18.0 Å². The zero-order valence-electron chi connectivity index (χ0n) is 20.9. The van der Waals surface area contributed by atoms with Crippen molar-refractivity contribution in [2.45, 2.75) is 37.0 Å². The summed E-state index contributed by atoms with van der Waals surface area (Å²) in [5, 5.41) is 0. The first-order valence-corrected chi connectivity index (χ1v) is 12.2. The Kier molecular flexibility index (Phi) is 8.00. The molecule has 9 nitrogen and oxygen atoms in total. The van der Waals surface area contributed by atoms with Crippen LogP contribution in [0.25, 0.3) is 0 Å². The van der Waals surface area contributed by atoms with E-state index in [1.54, 1.807) is 79.9 Å². The van der Waals surface area contributed by atoms with Crippen LogP contribution in [-0.4, -0.2) is 63.5 Å². The summed E-state index contributed by atoms with van der Waals surface area (Å²) in [4.78, 5) is 26.2. The van der Waals surface area contributed by atoms with Crippen LogP contribution in [0.15, 0.2) is 84.9 Å². The lowest BCUT2D eigenvalue weighted by Gasteiger charge is -2.47. The highest BCUT2D eigenvalue weighted by Crippen LogP contribution is 2.37. The minimum Gasteiger partial charge on any atom is -0.497 e. The minimum absolute atomic E-state index is 0.139. The number of esters is 2. The normalized spacial score (nSPS) is 26.6. The number of fused-ring (bicyclic) bond motifs is 1. The molecule has 2 fully saturated rings. The summed E-state index contributed by atoms with van der Waals surface area (Å²) >= 11 is 0. The predicted molar refractivity (Wildman–Crippen MR) is 134 cm³/mol. The third-order valence-corrected chi connectivity index (χ3v) is 6.41. The van der Waals surface area contributed by atoms with Gasteiger partial charge in [0, 0.05) is 12.7 Å². The Morgan fingerprint density at radius 2 is 1.32 bits per heavy atom. The molecule has 0 unspecified atom stereocenters. The lowest BCUT2D eigenvalue weighted by molar-refractivity contribution is -0.356. The summed E-state index contributed by atoms with van der Waals surface area (Å²) in [7, 11) is 3.01. The zero-order chi connectivity index (χ0) is 26.5. The summed E-state index contributed by atoms with van der Waals surface area (Å²) in [6, 6.07) is 24.3. The highest BCUT2D eigenvalue weighted by molar-refractivity contribution is 5.90. The second kappa shape index (κ2) is 11.7. The number of ether oxygens (including phenoxy) is 7. The van der Waals surface area contributed by atoms with Gasteiger partial charge in [-0.2, -0.15) is 0 Å². The van der Waals surface area contributed by atoms with Crippen molar-refractivity contribution in [1.29, 1.82) is 0 Å². The Bertz CT molecular complexity index is 1220. The van der Waals surface area contributed by atoms with Crippen molar-refractivity contribution in [3.05, 3.63) is 102 Å². The van der Waals surface area contributed by atoms with Crippen molar-refractivity contribution >= 4 is 11.9 Å². The maximum atomic E-state index is 13.2. The smallest absolute Gasteiger partial charge is 0.338 e. The Balaban J connectivity index is 1.45. The van der Waals surface area contributed by atoms with Gasteiger partial charge in [0.25, 0.3) is 0 Å². The van der Waals surface area contributed by atoms with Gasteiger partial charge in [0.2, 0.25) is 0 Å². The molecule has 0 saturated carbocycles. The Morgan fingerprint density at radius 1 is 0.737 bits per heavy atom. The van der Waals surface area contributed by atoms with Crippen LogP contribution in [0.4, 0.5) is 0 Å². The average Bonchev–Trinajstić information content (AvgIpc) is 2.98. The molecule has 2 aliphatic heterocycles. The van der Waals surface area contributed by atoms with Crippen LogP contribution in [0.5, 0.6) is 5.75 Å². The average molecular weight is 521 g/mol. The van der Waals surface area contributed by atoms with Crippen LogP contribution < -0.4 is 4.74 Å². The van der Waals surface area contributed by atoms with E-state index in [0.717, 1.165) is 5.56 Å². The standard InChI is InChI=1S/C29H28O9/c1-32-21-15-13-20(14-16-21)28-34-17-22-23(38-28)24(36-26(30)18-9-5-3-6-10-18)25(29(33-2)35-22)37-27(31)19-11-7-4-8-12-19/h3-16,22-25,28-29H,17H2,1-2H3/t22-,23-,24+,25-,28-,29+/m1/s1. The number of carbonyl (C=O) groups excluding carboxylic acids is 2. The molecule has 3 aromatic carbocycles. The van der Waals surface area contributed by atoms with Crippen molar-refractivity contribution in [2.75, 3.05) is 20.8 Å². The highest BCUT2D eigenvalue weighted by Gasteiger charge is 2.54. The Labute approximate surface area is 220 Å². The third-order valence-electron chi connectivity index (χ3n) is 6.41. The molecule has 2 saturated heterocycles. The summed E-state index contributed by atoms with van der Waals surface area (Å²) < 4.78 is 40.9. The molecular formula is C29H28O9. The summed E-state index contributed by atoms with van der Waals surface area (Å²) in [6.07, 6.45) is -5.42. The quantitative estimate of drug-likeness (QED) is 0.429. The van der Waals surface area contributed by atoms with Crippen LogP contribution in [0, 0.1) is 0 Å². The molecule has 0 N–H and O–H groups in total. The van der Waals surface area contributed by atoms with Crippen LogP contribution in [0.2, 0.25) is 0 Å². The Morgan fingerprint density at radius 3 is 1.87 bits per heavy atom. The number of methoxy groups -OCH3 is 2. The molecular weight excluding hydrogens is 492 g/mol. The third kappa shape index (κ3) is 5.56. The monoisotopic (exact) mass is 520 g/mol. The molecule has 0 aromatic heterocycles. The Hall–Kier alpha value is -3.76. The predicted octanol–water partition coefficient (Wildman–Crippen LogP) is 3.93. The molecule has 198 valence electrons. The molecule has 0 aliphatic carbocycles. The van der Waals surface area contributed by atoms with Gasteiger partial charge in [0.15, 0.2) is 24.8 Å². The van der Waals surface area contributed by atoms with Gasteiger partial charge in [-0.3, -0.25) is 0 Å². The van der Waals surface area contributed by atoms with E-state index >= 15 is 0 Å². The zero-order valence-corrected chi connectivity index (χ0v) is 20.9. The van der Waals surface area contributed by atoms with Gasteiger partial charge in [-0.1, -0.05) is 48.5 Å². The van der Waals surface area contributed by atoms with E-state index in [4.69, 9.17) is 33.2 Å². The molecule has 9 heteroatoms. The molecule has 6 atom stereocenters. The largest absolute Gasteiger partial charge is 0.497 e. The minimum atomic E-state index is -1.11. The van der Waals surface area contributed by atoms with E-state index in [1.165, 1.54) is 7.11 Å². The second-order valence-electron chi connectivity index (χ2n) is 8.79. The van der Waals surface area contributed by atoms with Crippen LogP contribution >= 0.6 is 0 Å². The van der Waals surface area contributed by atoms with Gasteiger partial charge >= 0.3 is 11.9 Å². The SMILES string of the molecule is COc1ccc([C@@H]2OC[C@H]3O[C@H](OC)[C@H](OC(=O)c4ccccc4)[C@@H](OC(=O)c4ccccc4)[C@@H]3O2)cc1. The lowest BCUT2D eigenvalue weighted by Crippen LogP contribution is -2.64. The topological polar surface area (TPSA) is 98.8 Å². The van der Waals surface area contributed by atoms with E-state index in [1.807, 2.05) is 12.1 Å². The fourth-order valence-electron chi connectivity index (χ4n) is 4.46. The molecule has 0 spiro atoms. The summed E-state index contributed by atoms with van der Waals surface area (Å²) in [6.45, 7) is 0.139. The van der Waals surface area contributed by atoms with Crippen molar-refractivity contribution in [3.8, 4) is 5.75 Å². The first-order valence-electron chi connectivity index (χ1n) is 12.2. The molecule has 2 aliphatic rings. The summed E-state index contributed by atoms with van der Waals surface area (Å²) in [5.74, 6) is -0.517. The molecule has 2 heterocycles. The van der Waals surface area contributed by atoms with Gasteiger partial charge < -0.3 is 33.2 Å². The van der Waals surface area contributed by atoms with Crippen molar-refractivity contribution < 1.29 is 42.7 Å². The van der Waals surface area contributed by atoms with E-state index in [-0.39, 0.29) is 6.61 Å². The molecule has 0 amide bonds. The maximum Gasteiger partial charge on any atom is 0.338 e. The van der Waals surface area contributed by atoms with Crippen molar-refractivity contribution in [3.63, 3.8) is 0 Å². The van der Waals surface area contributed by atoms with Gasteiger partial charge in [-0.15, -0.1) is 0 Å². The number of hydrogen-bond donors (Lipinski definition) is 0. The van der Waals surface area contributed by atoms with Gasteiger partial charge in [0.05, 0.1) is 24.8 Å². The van der Waals surface area contributed by atoms with Crippen LogP contribution in [-0.2, 0) is 28.4 Å². The first kappa shape index (κ1) is 25.9. The molecule has 0 bridgehead atoms. The fraction of sp³-hybridized carbons (Fsp3) is 0.310. The number of hydrogen-bond acceptors (Lipinski definition) is 9. The molecule has 38 heavy (non-hydrogen) atoms. The van der Waals surface area contributed by atoms with Crippen molar-refractivity contribution in [1.82, 2.24) is 0 Å². The molecule has 3 aromatic rings. The number of benzene rings is 3. The first-order chi connectivity index (χ1) is 18.6. The van der Waals surface area contributed by atoms with Crippen LogP contribution in [0.3, 0.4) is 0 Å². The fourth-order valence-corrected chi connectivity index (χ4v) is 4.46. The van der Waals surface area contributed by atoms with E-state index in [9.17, 15) is 9.59 Å². The maximum absolute atomic E-state index is 13.2. The van der Waals surface area contributed by atoms with E-state index in [2.05, 4.69) is 0 Å². The van der Waals surface area contributed by atoms with E-state index in [0.29, 0.717) is 16.9 Å².